The van der Waals surface area contributed by atoms with E-state index in [9.17, 15) is 4.79 Å². The van der Waals surface area contributed by atoms with Crippen LogP contribution in [0.15, 0.2) is 0 Å². The zero-order valence-corrected chi connectivity index (χ0v) is 16.4. The Balaban J connectivity index is 0. The number of hydrogen-bond acceptors (Lipinski definition) is 2. The summed E-state index contributed by atoms with van der Waals surface area (Å²) < 4.78 is 0. The molecule has 0 heterocycles. The molecule has 1 N–H and O–H groups in total. The second-order valence-corrected chi connectivity index (χ2v) is 6.94. The lowest BCUT2D eigenvalue weighted by Gasteiger charge is -2.03. The van der Waals surface area contributed by atoms with Gasteiger partial charge in [0.2, 0.25) is 0 Å². The lowest BCUT2D eigenvalue weighted by molar-refractivity contribution is -0.114. The van der Waals surface area contributed by atoms with Gasteiger partial charge < -0.3 is 9.90 Å². The molecule has 0 aliphatic heterocycles. The molecule has 0 saturated heterocycles. The third kappa shape index (κ3) is 34.1. The van der Waals surface area contributed by atoms with Crippen molar-refractivity contribution in [1.29, 1.82) is 0 Å². The molecule has 2 heteroatoms. The summed E-state index contributed by atoms with van der Waals surface area (Å²) in [7, 11) is 0. The first-order valence-corrected chi connectivity index (χ1v) is 10.2. The van der Waals surface area contributed by atoms with Gasteiger partial charge in [-0.25, -0.2) is 0 Å². The number of aliphatic hydroxyl groups is 1. The van der Waals surface area contributed by atoms with Gasteiger partial charge in [0.1, 0.15) is 5.78 Å². The van der Waals surface area contributed by atoms with Crippen molar-refractivity contribution >= 4 is 5.78 Å². The van der Waals surface area contributed by atoms with Gasteiger partial charge in [0.05, 0.1) is 0 Å². The summed E-state index contributed by atoms with van der Waals surface area (Å²) in [6.45, 7) is 5.71. The van der Waals surface area contributed by atoms with Crippen LogP contribution >= 0.6 is 0 Å². The van der Waals surface area contributed by atoms with Crippen LogP contribution < -0.4 is 0 Å². The Labute approximate surface area is 146 Å². The Morgan fingerprint density at radius 1 is 0.565 bits per heavy atom. The van der Waals surface area contributed by atoms with Crippen molar-refractivity contribution in [3.8, 4) is 0 Å². The van der Waals surface area contributed by atoms with Crippen LogP contribution in [0.4, 0.5) is 0 Å². The highest BCUT2D eigenvalue weighted by Gasteiger charge is 1.94. The van der Waals surface area contributed by atoms with Gasteiger partial charge in [0.25, 0.3) is 0 Å². The van der Waals surface area contributed by atoms with Crippen molar-refractivity contribution in [2.24, 2.45) is 0 Å². The zero-order chi connectivity index (χ0) is 17.6. The van der Waals surface area contributed by atoms with Crippen LogP contribution in [0.25, 0.3) is 0 Å². The molecule has 0 radical (unpaired) electrons. The van der Waals surface area contributed by atoms with Crippen molar-refractivity contribution in [2.75, 3.05) is 6.61 Å². The average Bonchev–Trinajstić information content (AvgIpc) is 2.50. The van der Waals surface area contributed by atoms with E-state index in [4.69, 9.17) is 5.11 Å². The number of carbonyl (C=O) groups excluding carboxylic acids is 1. The fourth-order valence-corrected chi connectivity index (χ4v) is 2.66. The first kappa shape index (κ1) is 24.9. The summed E-state index contributed by atoms with van der Waals surface area (Å²) in [6.07, 6.45) is 22.2. The topological polar surface area (TPSA) is 37.3 Å². The molecule has 0 aliphatic carbocycles. The lowest BCUT2D eigenvalue weighted by Crippen LogP contribution is -1.85. The highest BCUT2D eigenvalue weighted by molar-refractivity contribution is 5.72. The summed E-state index contributed by atoms with van der Waals surface area (Å²) in [5.41, 5.74) is 0. The van der Waals surface area contributed by atoms with Crippen LogP contribution in [0.3, 0.4) is 0 Å². The van der Waals surface area contributed by atoms with Crippen LogP contribution in [0, 0.1) is 0 Å². The molecule has 23 heavy (non-hydrogen) atoms. The molecule has 0 rings (SSSR count). The third-order valence-electron chi connectivity index (χ3n) is 4.01. The number of hydrogen-bond donors (Lipinski definition) is 1. The van der Waals surface area contributed by atoms with E-state index in [1.165, 1.54) is 110 Å². The number of unbranched alkanes of at least 4 members (excludes halogenated alkanes) is 15. The number of rotatable bonds is 16. The second-order valence-electron chi connectivity index (χ2n) is 6.94. The standard InChI is InChI=1S/C18H38O.C3H6O/c1-2-3-4-5-6-7-8-9-10-11-12-13-14-15-16-17-18-19;1-3(2)4/h19H,2-18H2,1H3;1-2H3. The molecule has 0 spiro atoms. The maximum atomic E-state index is 9.44. The molecule has 2 nitrogen and oxygen atoms in total. The van der Waals surface area contributed by atoms with Crippen LogP contribution in [-0.4, -0.2) is 17.5 Å². The van der Waals surface area contributed by atoms with Crippen molar-refractivity contribution in [2.45, 2.75) is 124 Å². The van der Waals surface area contributed by atoms with Crippen molar-refractivity contribution in [1.82, 2.24) is 0 Å². The molecule has 0 aromatic heterocycles. The quantitative estimate of drug-likeness (QED) is 0.315. The van der Waals surface area contributed by atoms with Crippen LogP contribution in [0.2, 0.25) is 0 Å². The smallest absolute Gasteiger partial charge is 0.126 e. The number of Topliss-reactive ketones (excluding diaryl/α,β-unsaturated/α-hetero) is 1. The molecule has 0 aliphatic rings. The molecule has 0 aromatic carbocycles. The van der Waals surface area contributed by atoms with Gasteiger partial charge >= 0.3 is 0 Å². The van der Waals surface area contributed by atoms with E-state index in [-0.39, 0.29) is 5.78 Å². The van der Waals surface area contributed by atoms with Gasteiger partial charge in [-0.1, -0.05) is 103 Å². The van der Waals surface area contributed by atoms with E-state index in [1.807, 2.05) is 0 Å². The minimum atomic E-state index is 0.167. The van der Waals surface area contributed by atoms with Crippen molar-refractivity contribution < 1.29 is 9.90 Å². The fourth-order valence-electron chi connectivity index (χ4n) is 2.66. The lowest BCUT2D eigenvalue weighted by atomic mass is 10.0. The fraction of sp³-hybridized carbons (Fsp3) is 0.952. The third-order valence-corrected chi connectivity index (χ3v) is 4.01. The predicted molar refractivity (Wildman–Crippen MR) is 103 cm³/mol. The first-order chi connectivity index (χ1) is 11.1. The SMILES string of the molecule is CC(C)=O.CCCCCCCCCCCCCCCCCCO. The van der Waals surface area contributed by atoms with Crippen LogP contribution in [-0.2, 0) is 4.79 Å². The van der Waals surface area contributed by atoms with E-state index in [1.54, 1.807) is 0 Å². The molecular formula is C21H44O2. The minimum absolute atomic E-state index is 0.167. The molecular weight excluding hydrogens is 284 g/mol. The predicted octanol–water partition coefficient (Wildman–Crippen LogP) is 6.84. The number of aliphatic hydroxyl groups excluding tert-OH is 1. The van der Waals surface area contributed by atoms with Crippen LogP contribution in [0.5, 0.6) is 0 Å². The first-order valence-electron chi connectivity index (χ1n) is 10.2. The van der Waals surface area contributed by atoms with E-state index < -0.39 is 0 Å². The summed E-state index contributed by atoms with van der Waals surface area (Å²) in [5, 5.41) is 8.67. The van der Waals surface area contributed by atoms with Gasteiger partial charge in [-0.05, 0) is 20.3 Å². The average molecular weight is 329 g/mol. The van der Waals surface area contributed by atoms with Crippen molar-refractivity contribution in [3.63, 3.8) is 0 Å². The van der Waals surface area contributed by atoms with Gasteiger partial charge in [0.15, 0.2) is 0 Å². The van der Waals surface area contributed by atoms with Gasteiger partial charge in [0, 0.05) is 6.61 Å². The maximum Gasteiger partial charge on any atom is 0.126 e. The number of carbonyl (C=O) groups is 1. The van der Waals surface area contributed by atoms with E-state index in [0.29, 0.717) is 6.61 Å². The van der Waals surface area contributed by atoms with Crippen molar-refractivity contribution in [3.05, 3.63) is 0 Å². The molecule has 0 aromatic rings. The summed E-state index contributed by atoms with van der Waals surface area (Å²) >= 11 is 0. The Kier molecular flexibility index (Phi) is 25.8. The highest BCUT2D eigenvalue weighted by atomic mass is 16.2. The molecule has 0 bridgehead atoms. The van der Waals surface area contributed by atoms with Gasteiger partial charge in [-0.3, -0.25) is 0 Å². The Hall–Kier alpha value is -0.370. The Morgan fingerprint density at radius 2 is 0.783 bits per heavy atom. The Bertz CT molecular complexity index is 194. The molecule has 0 unspecified atom stereocenters. The number of ketones is 1. The van der Waals surface area contributed by atoms with E-state index in [0.717, 1.165) is 6.42 Å². The maximum absolute atomic E-state index is 9.44. The molecule has 0 saturated carbocycles. The van der Waals surface area contributed by atoms with Crippen LogP contribution in [0.1, 0.15) is 124 Å². The molecule has 0 atom stereocenters. The summed E-state index contributed by atoms with van der Waals surface area (Å²) in [4.78, 5) is 9.44. The Morgan fingerprint density at radius 3 is 1.00 bits per heavy atom. The van der Waals surface area contributed by atoms with E-state index >= 15 is 0 Å². The summed E-state index contributed by atoms with van der Waals surface area (Å²) in [6, 6.07) is 0. The largest absolute Gasteiger partial charge is 0.396 e. The second kappa shape index (κ2) is 23.9. The van der Waals surface area contributed by atoms with Gasteiger partial charge in [-0.2, -0.15) is 0 Å². The van der Waals surface area contributed by atoms with E-state index in [2.05, 4.69) is 6.92 Å². The summed E-state index contributed by atoms with van der Waals surface area (Å²) in [5.74, 6) is 0.167. The minimum Gasteiger partial charge on any atom is -0.396 e. The monoisotopic (exact) mass is 328 g/mol. The molecule has 140 valence electrons. The molecule has 0 fully saturated rings. The normalized spacial score (nSPS) is 10.3. The highest BCUT2D eigenvalue weighted by Crippen LogP contribution is 2.13. The zero-order valence-electron chi connectivity index (χ0n) is 16.4. The molecule has 0 amide bonds. The van der Waals surface area contributed by atoms with Gasteiger partial charge in [-0.15, -0.1) is 0 Å².